The SMILES string of the molecule is O=C(COB(O)O)[C@H](O)[C@H](O)[C@H](O)CO. The van der Waals surface area contributed by atoms with Crippen molar-refractivity contribution in [1.82, 2.24) is 0 Å². The molecule has 0 aromatic carbocycles. The van der Waals surface area contributed by atoms with E-state index < -0.39 is 44.6 Å². The van der Waals surface area contributed by atoms with E-state index in [1.54, 1.807) is 0 Å². The van der Waals surface area contributed by atoms with Gasteiger partial charge in [0.2, 0.25) is 0 Å². The fourth-order valence-corrected chi connectivity index (χ4v) is 0.751. The lowest BCUT2D eigenvalue weighted by molar-refractivity contribution is -0.142. The molecule has 6 N–H and O–H groups in total. The zero-order valence-corrected chi connectivity index (χ0v) is 7.72. The van der Waals surface area contributed by atoms with Gasteiger partial charge in [0.05, 0.1) is 13.2 Å². The third-order valence-electron chi connectivity index (χ3n) is 1.61. The molecule has 0 saturated heterocycles. The number of carbonyl (C=O) groups is 1. The second kappa shape index (κ2) is 6.85. The molecule has 0 saturated carbocycles. The van der Waals surface area contributed by atoms with Gasteiger partial charge in [-0.2, -0.15) is 0 Å². The van der Waals surface area contributed by atoms with Crippen LogP contribution in [-0.4, -0.2) is 75.1 Å². The van der Waals surface area contributed by atoms with Gasteiger partial charge in [0.25, 0.3) is 0 Å². The summed E-state index contributed by atoms with van der Waals surface area (Å²) in [5, 5.41) is 51.9. The molecule has 0 aliphatic heterocycles. The molecule has 0 aromatic heterocycles. The summed E-state index contributed by atoms with van der Waals surface area (Å²) in [6, 6.07) is 0. The molecular weight excluding hydrogens is 211 g/mol. The Morgan fingerprint density at radius 1 is 1.27 bits per heavy atom. The number of hydrogen-bond donors (Lipinski definition) is 6. The molecule has 8 nitrogen and oxygen atoms in total. The molecule has 15 heavy (non-hydrogen) atoms. The Labute approximate surface area is 85.5 Å². The maximum atomic E-state index is 11.0. The molecule has 0 rings (SSSR count). The summed E-state index contributed by atoms with van der Waals surface area (Å²) >= 11 is 0. The average Bonchev–Trinajstić information content (AvgIpc) is 2.22. The Bertz CT molecular complexity index is 198. The first-order chi connectivity index (χ1) is 6.90. The van der Waals surface area contributed by atoms with Crippen LogP contribution in [0.1, 0.15) is 0 Å². The second-order valence-corrected chi connectivity index (χ2v) is 2.79. The van der Waals surface area contributed by atoms with Gasteiger partial charge in [-0.3, -0.25) is 4.79 Å². The van der Waals surface area contributed by atoms with E-state index in [0.29, 0.717) is 0 Å². The molecule has 0 heterocycles. The van der Waals surface area contributed by atoms with Gasteiger partial charge in [-0.05, 0) is 0 Å². The van der Waals surface area contributed by atoms with Crippen LogP contribution >= 0.6 is 0 Å². The molecule has 88 valence electrons. The lowest BCUT2D eigenvalue weighted by Gasteiger charge is -2.20. The van der Waals surface area contributed by atoms with E-state index in [4.69, 9.17) is 30.5 Å². The summed E-state index contributed by atoms with van der Waals surface area (Å²) in [5.74, 6) is -1.05. The van der Waals surface area contributed by atoms with Crippen LogP contribution in [0.2, 0.25) is 0 Å². The monoisotopic (exact) mass is 224 g/mol. The first-order valence-electron chi connectivity index (χ1n) is 4.05. The number of aliphatic hydroxyl groups excluding tert-OH is 4. The van der Waals surface area contributed by atoms with Crippen LogP contribution in [0.3, 0.4) is 0 Å². The van der Waals surface area contributed by atoms with E-state index in [0.717, 1.165) is 0 Å². The molecule has 0 amide bonds. The van der Waals surface area contributed by atoms with Gasteiger partial charge in [0.15, 0.2) is 5.78 Å². The number of ketones is 1. The van der Waals surface area contributed by atoms with Crippen molar-refractivity contribution in [2.24, 2.45) is 0 Å². The minimum atomic E-state index is -2.17. The normalized spacial score (nSPS) is 16.9. The average molecular weight is 224 g/mol. The van der Waals surface area contributed by atoms with Crippen molar-refractivity contribution in [3.63, 3.8) is 0 Å². The van der Waals surface area contributed by atoms with Crippen molar-refractivity contribution < 1.29 is 39.9 Å². The highest BCUT2D eigenvalue weighted by atomic mass is 16.6. The summed E-state index contributed by atoms with van der Waals surface area (Å²) in [5.41, 5.74) is 0. The Morgan fingerprint density at radius 2 is 1.80 bits per heavy atom. The predicted molar refractivity (Wildman–Crippen MR) is 46.3 cm³/mol. The second-order valence-electron chi connectivity index (χ2n) is 2.79. The van der Waals surface area contributed by atoms with Crippen LogP contribution in [0.5, 0.6) is 0 Å². The lowest BCUT2D eigenvalue weighted by Crippen LogP contribution is -2.45. The molecule has 9 heteroatoms. The first kappa shape index (κ1) is 14.5. The maximum Gasteiger partial charge on any atom is 0.634 e. The largest absolute Gasteiger partial charge is 0.634 e. The minimum Gasteiger partial charge on any atom is -0.402 e. The topological polar surface area (TPSA) is 148 Å². The Morgan fingerprint density at radius 3 is 2.20 bits per heavy atom. The molecule has 0 radical (unpaired) electrons. The van der Waals surface area contributed by atoms with E-state index >= 15 is 0 Å². The third kappa shape index (κ3) is 5.18. The number of hydrogen-bond acceptors (Lipinski definition) is 8. The molecule has 0 aliphatic rings. The number of rotatable bonds is 7. The smallest absolute Gasteiger partial charge is 0.402 e. The Balaban J connectivity index is 4.07. The van der Waals surface area contributed by atoms with Gasteiger partial charge in [-0.15, -0.1) is 0 Å². The van der Waals surface area contributed by atoms with Crippen molar-refractivity contribution in [1.29, 1.82) is 0 Å². The van der Waals surface area contributed by atoms with Crippen molar-refractivity contribution >= 4 is 13.1 Å². The first-order valence-corrected chi connectivity index (χ1v) is 4.05. The van der Waals surface area contributed by atoms with Crippen LogP contribution in [0.4, 0.5) is 0 Å². The zero-order chi connectivity index (χ0) is 12.0. The molecule has 0 spiro atoms. The van der Waals surface area contributed by atoms with Crippen molar-refractivity contribution in [2.75, 3.05) is 13.2 Å². The maximum absolute atomic E-state index is 11.0. The third-order valence-corrected chi connectivity index (χ3v) is 1.61. The minimum absolute atomic E-state index is 0.824. The highest BCUT2D eigenvalue weighted by Crippen LogP contribution is 2.01. The van der Waals surface area contributed by atoms with Gasteiger partial charge in [0, 0.05) is 0 Å². The summed E-state index contributed by atoms with van der Waals surface area (Å²) in [4.78, 5) is 11.0. The van der Waals surface area contributed by atoms with Gasteiger partial charge in [-0.25, -0.2) is 0 Å². The molecule has 0 fully saturated rings. The van der Waals surface area contributed by atoms with E-state index in [9.17, 15) is 4.79 Å². The summed E-state index contributed by atoms with van der Waals surface area (Å²) in [6.07, 6.45) is -5.49. The molecule has 0 aromatic rings. The van der Waals surface area contributed by atoms with E-state index in [1.807, 2.05) is 0 Å². The van der Waals surface area contributed by atoms with Crippen LogP contribution < -0.4 is 0 Å². The highest BCUT2D eigenvalue weighted by molar-refractivity contribution is 6.33. The van der Waals surface area contributed by atoms with E-state index in [2.05, 4.69) is 4.65 Å². The van der Waals surface area contributed by atoms with Crippen molar-refractivity contribution in [3.8, 4) is 0 Å². The fraction of sp³-hybridized carbons (Fsp3) is 0.833. The summed E-state index contributed by atoms with van der Waals surface area (Å²) in [7, 11) is -2.17. The molecule has 3 atom stereocenters. The van der Waals surface area contributed by atoms with Gasteiger partial charge >= 0.3 is 7.32 Å². The predicted octanol–water partition coefficient (Wildman–Crippen LogP) is -4.38. The van der Waals surface area contributed by atoms with Crippen LogP contribution in [-0.2, 0) is 9.45 Å². The van der Waals surface area contributed by atoms with Crippen LogP contribution in [0.15, 0.2) is 0 Å². The van der Waals surface area contributed by atoms with Crippen molar-refractivity contribution in [3.05, 3.63) is 0 Å². The standard InChI is InChI=1S/C6H13BO8/c8-1-3(9)5(11)6(12)4(10)2-15-7(13)14/h3,5-6,8-9,11-14H,1-2H2/t3-,5-,6+/m1/s1. The number of carbonyl (C=O) groups excluding carboxylic acids is 1. The zero-order valence-electron chi connectivity index (χ0n) is 7.72. The Hall–Kier alpha value is -0.545. The summed E-state index contributed by atoms with van der Waals surface area (Å²) < 4.78 is 4.03. The van der Waals surface area contributed by atoms with Crippen LogP contribution in [0, 0.1) is 0 Å². The van der Waals surface area contributed by atoms with E-state index in [1.165, 1.54) is 0 Å². The lowest BCUT2D eigenvalue weighted by atomic mass is 10.1. The number of Topliss-reactive ketones (excluding diaryl/α,β-unsaturated/α-hetero) is 1. The molecule has 0 bridgehead atoms. The van der Waals surface area contributed by atoms with Crippen LogP contribution in [0.25, 0.3) is 0 Å². The highest BCUT2D eigenvalue weighted by Gasteiger charge is 2.30. The summed E-state index contributed by atoms with van der Waals surface area (Å²) in [6.45, 7) is -1.66. The quantitative estimate of drug-likeness (QED) is 0.237. The van der Waals surface area contributed by atoms with Gasteiger partial charge < -0.3 is 35.1 Å². The van der Waals surface area contributed by atoms with Crippen molar-refractivity contribution in [2.45, 2.75) is 18.3 Å². The molecular formula is C6H13BO8. The molecule has 0 unspecified atom stereocenters. The van der Waals surface area contributed by atoms with Gasteiger partial charge in [-0.1, -0.05) is 0 Å². The van der Waals surface area contributed by atoms with E-state index in [-0.39, 0.29) is 0 Å². The van der Waals surface area contributed by atoms with Gasteiger partial charge in [0.1, 0.15) is 18.3 Å². The molecule has 0 aliphatic carbocycles. The fourth-order valence-electron chi connectivity index (χ4n) is 0.751. The number of aliphatic hydroxyl groups is 4. The Kier molecular flexibility index (Phi) is 6.60.